The van der Waals surface area contributed by atoms with E-state index in [1.807, 2.05) is 53.7 Å². The summed E-state index contributed by atoms with van der Waals surface area (Å²) in [5.74, 6) is 0.740. The van der Waals surface area contributed by atoms with Crippen molar-refractivity contribution >= 4 is 89.1 Å². The van der Waals surface area contributed by atoms with E-state index in [0.29, 0.717) is 60.3 Å². The van der Waals surface area contributed by atoms with Gasteiger partial charge in [-0.25, -0.2) is 29.5 Å². The van der Waals surface area contributed by atoms with Gasteiger partial charge in [-0.05, 0) is 134 Å². The molecule has 0 bridgehead atoms. The zero-order chi connectivity index (χ0) is 39.1. The number of piperidine rings is 2. The summed E-state index contributed by atoms with van der Waals surface area (Å²) in [5, 5.41) is 20.8. The van der Waals surface area contributed by atoms with Crippen LogP contribution < -0.4 is 4.74 Å². The molecule has 2 aliphatic rings. The molecule has 4 heterocycles. The second-order valence-electron chi connectivity index (χ2n) is 14.4. The maximum atomic E-state index is 12.2. The first kappa shape index (κ1) is 42.5. The first-order chi connectivity index (χ1) is 24.8. The van der Waals surface area contributed by atoms with E-state index in [0.717, 1.165) is 28.1 Å². The van der Waals surface area contributed by atoms with Crippen LogP contribution in [0.3, 0.4) is 0 Å². The van der Waals surface area contributed by atoms with Crippen LogP contribution in [0.5, 0.6) is 11.5 Å². The Balaban J connectivity index is 0.000000196. The van der Waals surface area contributed by atoms with E-state index in [4.69, 9.17) is 37.4 Å². The van der Waals surface area contributed by atoms with Crippen molar-refractivity contribution in [3.63, 3.8) is 0 Å². The number of phenols is 1. The molecule has 0 spiro atoms. The molecule has 2 aliphatic heterocycles. The van der Waals surface area contributed by atoms with Crippen LogP contribution >= 0.6 is 55.1 Å². The molecule has 2 N–H and O–H groups in total. The number of carbonyl (C=O) groups excluding carboxylic acids is 2. The summed E-state index contributed by atoms with van der Waals surface area (Å²) < 4.78 is 18.3. The lowest BCUT2D eigenvalue weighted by atomic mass is 10.1. The summed E-state index contributed by atoms with van der Waals surface area (Å²) in [6.07, 6.45) is 5.18. The van der Waals surface area contributed by atoms with Crippen LogP contribution in [0, 0.1) is 0 Å². The zero-order valence-electron chi connectivity index (χ0n) is 30.4. The number of likely N-dealkylation sites (tertiary alicyclic amines) is 2. The second-order valence-corrected chi connectivity index (χ2v) is 16.8. The van der Waals surface area contributed by atoms with Crippen LogP contribution in [-0.4, -0.2) is 102 Å². The fourth-order valence-corrected chi connectivity index (χ4v) is 6.20. The number of fused-ring (bicyclic) bond motifs is 2. The smallest absolute Gasteiger partial charge is 0.410 e. The van der Waals surface area contributed by atoms with Crippen LogP contribution in [0.4, 0.5) is 9.59 Å². The minimum atomic E-state index is -0.489. The van der Waals surface area contributed by atoms with Crippen molar-refractivity contribution in [3.8, 4) is 11.5 Å². The van der Waals surface area contributed by atoms with E-state index >= 15 is 0 Å². The van der Waals surface area contributed by atoms with Crippen molar-refractivity contribution in [1.29, 1.82) is 0 Å². The molecule has 288 valence electrons. The summed E-state index contributed by atoms with van der Waals surface area (Å²) in [5.41, 5.74) is 0.202. The number of carbonyl (C=O) groups is 2. The molecule has 0 unspecified atom stereocenters. The highest BCUT2D eigenvalue weighted by Crippen LogP contribution is 2.35. The molecule has 53 heavy (non-hydrogen) atoms. The average Bonchev–Trinajstić information content (AvgIpc) is 3.08. The van der Waals surface area contributed by atoms with E-state index in [1.165, 1.54) is 0 Å². The summed E-state index contributed by atoms with van der Waals surface area (Å²) >= 11 is 18.2. The minimum absolute atomic E-state index is 0.00988. The van der Waals surface area contributed by atoms with E-state index in [1.54, 1.807) is 34.3 Å². The van der Waals surface area contributed by atoms with Gasteiger partial charge in [-0.15, -0.1) is 0 Å². The number of amides is 2. The van der Waals surface area contributed by atoms with Crippen molar-refractivity contribution in [3.05, 3.63) is 56.2 Å². The Kier molecular flexibility index (Phi) is 14.8. The number of hydrogen-bond donors (Lipinski definition) is 2. The van der Waals surface area contributed by atoms with Gasteiger partial charge in [-0.2, -0.15) is 0 Å². The van der Waals surface area contributed by atoms with Gasteiger partial charge in [0.15, 0.2) is 11.5 Å². The summed E-state index contributed by atoms with van der Waals surface area (Å²) in [7, 11) is 0. The Hall–Kier alpha value is -3.24. The van der Waals surface area contributed by atoms with Gasteiger partial charge in [0, 0.05) is 62.2 Å². The first-order valence-electron chi connectivity index (χ1n) is 17.0. The predicted molar refractivity (Wildman–Crippen MR) is 211 cm³/mol. The lowest BCUT2D eigenvalue weighted by Gasteiger charge is -2.33. The largest absolute Gasteiger partial charge is 0.505 e. The number of aromatic hydroxyl groups is 1. The highest BCUT2D eigenvalue weighted by atomic mass is 79.9. The molecule has 2 amide bonds. The van der Waals surface area contributed by atoms with E-state index < -0.39 is 11.2 Å². The fourth-order valence-electron chi connectivity index (χ4n) is 5.20. The molecule has 0 atom stereocenters. The molecule has 17 heteroatoms. The number of rotatable bonds is 2. The maximum Gasteiger partial charge on any atom is 0.410 e. The van der Waals surface area contributed by atoms with E-state index in [2.05, 4.69) is 51.8 Å². The quantitative estimate of drug-likeness (QED) is 0.185. The normalized spacial score (nSPS) is 15.6. The molecular formula is C36H44Br2Cl2N6O7. The van der Waals surface area contributed by atoms with Gasteiger partial charge < -0.3 is 34.2 Å². The Labute approximate surface area is 335 Å². The highest BCUT2D eigenvalue weighted by molar-refractivity contribution is 9.11. The molecule has 13 nitrogen and oxygen atoms in total. The third-order valence-electron chi connectivity index (χ3n) is 7.77. The first-order valence-corrected chi connectivity index (χ1v) is 19.3. The molecular weight excluding hydrogens is 859 g/mol. The zero-order valence-corrected chi connectivity index (χ0v) is 35.1. The summed E-state index contributed by atoms with van der Waals surface area (Å²) in [6.45, 7) is 13.5. The van der Waals surface area contributed by atoms with Crippen LogP contribution in [0.1, 0.15) is 67.2 Å². The Morgan fingerprint density at radius 1 is 0.736 bits per heavy atom. The third-order valence-corrected chi connectivity index (χ3v) is 9.40. The number of phenolic OH excluding ortho intramolecular Hbond substituents is 1. The van der Waals surface area contributed by atoms with Gasteiger partial charge in [0.2, 0.25) is 10.6 Å². The number of halogens is 4. The highest BCUT2D eigenvalue weighted by Gasteiger charge is 2.29. The Bertz CT molecular complexity index is 1880. The van der Waals surface area contributed by atoms with Crippen LogP contribution in [0.25, 0.3) is 21.8 Å². The number of aromatic nitrogens is 4. The second kappa shape index (κ2) is 18.4. The number of aliphatic hydroxyl groups excluding tert-OH is 1. The topological polar surface area (TPSA) is 160 Å². The molecule has 2 fully saturated rings. The van der Waals surface area contributed by atoms with Gasteiger partial charge in [-0.3, -0.25) is 0 Å². The SMILES string of the molecule is CC(C)(C)OC(=O)N1CCC(O)CC1.CC(C)(C)OC(=O)N1CCC(Oc2c(Br)ccc3cnc(Cl)nc23)CC1.Oc1c(Br)ccc2cnc(Cl)nc12. The van der Waals surface area contributed by atoms with Crippen molar-refractivity contribution < 1.29 is 34.0 Å². The van der Waals surface area contributed by atoms with Gasteiger partial charge in [-0.1, -0.05) is 0 Å². The number of nitrogens with zero attached hydrogens (tertiary/aromatic N) is 6. The van der Waals surface area contributed by atoms with Gasteiger partial charge in [0.1, 0.15) is 28.3 Å². The predicted octanol–water partition coefficient (Wildman–Crippen LogP) is 8.95. The monoisotopic (exact) mass is 900 g/mol. The van der Waals surface area contributed by atoms with Gasteiger partial charge in [0.25, 0.3) is 0 Å². The number of aliphatic hydroxyl groups is 1. The van der Waals surface area contributed by atoms with Crippen LogP contribution in [0.15, 0.2) is 45.6 Å². The molecule has 4 aromatic rings. The maximum absolute atomic E-state index is 12.2. The standard InChI is InChI=1S/C18H21BrClN3O3.C10H19NO3.C8H4BrClN2O/c1-18(2,3)26-17(24)23-8-6-12(7-9-23)25-15-13(19)5-4-11-10-21-16(20)22-14(11)15;1-10(2,3)14-9(13)11-6-4-8(12)5-7-11;9-5-2-1-4-3-11-8(10)12-6(4)7(5)13/h4-5,10,12H,6-9H2,1-3H3;8,12H,4-7H2,1-3H3;1-3,13H. The molecule has 0 aliphatic carbocycles. The van der Waals surface area contributed by atoms with Crippen molar-refractivity contribution in [2.75, 3.05) is 26.2 Å². The van der Waals surface area contributed by atoms with Crippen molar-refractivity contribution in [2.45, 2.75) is 90.6 Å². The van der Waals surface area contributed by atoms with Gasteiger partial charge >= 0.3 is 12.2 Å². The number of hydrogen-bond acceptors (Lipinski definition) is 11. The number of benzene rings is 2. The summed E-state index contributed by atoms with van der Waals surface area (Å²) in [6, 6.07) is 7.35. The third kappa shape index (κ3) is 12.9. The van der Waals surface area contributed by atoms with Crippen molar-refractivity contribution in [2.24, 2.45) is 0 Å². The van der Waals surface area contributed by atoms with E-state index in [-0.39, 0.29) is 40.7 Å². The van der Waals surface area contributed by atoms with Crippen molar-refractivity contribution in [1.82, 2.24) is 29.7 Å². The summed E-state index contributed by atoms with van der Waals surface area (Å²) in [4.78, 5) is 43.1. The molecule has 2 aromatic carbocycles. The van der Waals surface area contributed by atoms with E-state index in [9.17, 15) is 19.8 Å². The Morgan fingerprint density at radius 3 is 1.66 bits per heavy atom. The molecule has 2 saturated heterocycles. The lowest BCUT2D eigenvalue weighted by molar-refractivity contribution is 0.00960. The fraction of sp³-hybridized carbons (Fsp3) is 0.500. The number of ether oxygens (including phenoxy) is 3. The molecule has 6 rings (SSSR count). The minimum Gasteiger partial charge on any atom is -0.505 e. The average molecular weight is 903 g/mol. The van der Waals surface area contributed by atoms with Crippen LogP contribution in [-0.2, 0) is 9.47 Å². The Morgan fingerprint density at radius 2 is 1.17 bits per heavy atom. The lowest BCUT2D eigenvalue weighted by Crippen LogP contribution is -2.44. The molecule has 0 radical (unpaired) electrons. The molecule has 2 aromatic heterocycles. The van der Waals surface area contributed by atoms with Crippen LogP contribution in [0.2, 0.25) is 10.6 Å². The molecule has 0 saturated carbocycles. The van der Waals surface area contributed by atoms with Gasteiger partial charge in [0.05, 0.1) is 15.0 Å².